The Bertz CT molecular complexity index is 1520. The Balaban J connectivity index is 1.66. The first-order valence-corrected chi connectivity index (χ1v) is 10.5. The number of aromatic nitrogens is 4. The van der Waals surface area contributed by atoms with Crippen LogP contribution in [0.15, 0.2) is 49.3 Å². The number of anilines is 1. The Morgan fingerprint density at radius 1 is 1.15 bits per heavy atom. The zero-order chi connectivity index (χ0) is 23.7. The summed E-state index contributed by atoms with van der Waals surface area (Å²) in [7, 11) is 3.81. The number of amides is 1. The third-order valence-corrected chi connectivity index (χ3v) is 5.24. The average Bonchev–Trinajstić information content (AvgIpc) is 3.09. The van der Waals surface area contributed by atoms with Gasteiger partial charge in [0, 0.05) is 31.5 Å². The standard InChI is InChI=1S/C22H24N6O5/c1-4-7-28-18-15(20(30)25-21(28)31)10-13(12-23-18)19(29)24-14-5-6-17-16(11-14)27(22(32)33-17)9-8-26(2)3/h5-6,10-12H,4,7-9H2,1-3H3,(H,24,29)(H,25,30,31). The summed E-state index contributed by atoms with van der Waals surface area (Å²) in [4.78, 5) is 57.8. The number of benzene rings is 1. The molecule has 0 aliphatic carbocycles. The fourth-order valence-electron chi connectivity index (χ4n) is 3.58. The lowest BCUT2D eigenvalue weighted by Crippen LogP contribution is -2.31. The van der Waals surface area contributed by atoms with Crippen LogP contribution < -0.4 is 22.3 Å². The maximum atomic E-state index is 12.9. The zero-order valence-electron chi connectivity index (χ0n) is 18.5. The molecule has 2 N–H and O–H groups in total. The second-order valence-corrected chi connectivity index (χ2v) is 7.97. The molecule has 11 nitrogen and oxygen atoms in total. The molecule has 0 atom stereocenters. The monoisotopic (exact) mass is 452 g/mol. The van der Waals surface area contributed by atoms with Gasteiger partial charge in [-0.05, 0) is 44.8 Å². The predicted molar refractivity (Wildman–Crippen MR) is 124 cm³/mol. The number of hydrogen-bond acceptors (Lipinski definition) is 7. The molecule has 11 heteroatoms. The number of rotatable bonds is 7. The predicted octanol–water partition coefficient (Wildman–Crippen LogP) is 1.22. The molecular weight excluding hydrogens is 428 g/mol. The van der Waals surface area contributed by atoms with Crippen LogP contribution in [0.3, 0.4) is 0 Å². The number of aryl methyl sites for hydroxylation is 1. The number of nitrogens with one attached hydrogen (secondary N) is 2. The van der Waals surface area contributed by atoms with Gasteiger partial charge >= 0.3 is 11.4 Å². The second-order valence-electron chi connectivity index (χ2n) is 7.97. The van der Waals surface area contributed by atoms with Crippen molar-refractivity contribution in [1.82, 2.24) is 24.0 Å². The summed E-state index contributed by atoms with van der Waals surface area (Å²) in [6.45, 7) is 3.38. The van der Waals surface area contributed by atoms with Gasteiger partial charge in [0.15, 0.2) is 5.58 Å². The van der Waals surface area contributed by atoms with Gasteiger partial charge in [-0.15, -0.1) is 0 Å². The number of nitrogens with zero attached hydrogens (tertiary/aromatic N) is 4. The van der Waals surface area contributed by atoms with Crippen molar-refractivity contribution in [2.45, 2.75) is 26.4 Å². The molecule has 4 rings (SSSR count). The van der Waals surface area contributed by atoms with E-state index >= 15 is 0 Å². The third kappa shape index (κ3) is 4.35. The van der Waals surface area contributed by atoms with Crippen LogP contribution in [0.2, 0.25) is 0 Å². The smallest absolute Gasteiger partial charge is 0.408 e. The highest BCUT2D eigenvalue weighted by Gasteiger charge is 2.15. The van der Waals surface area contributed by atoms with Crippen molar-refractivity contribution in [2.24, 2.45) is 0 Å². The van der Waals surface area contributed by atoms with E-state index in [4.69, 9.17) is 4.42 Å². The molecule has 3 heterocycles. The SMILES string of the molecule is CCCn1c(=O)[nH]c(=O)c2cc(C(=O)Nc3ccc4oc(=O)n(CCN(C)C)c4c3)cnc21. The Morgan fingerprint density at radius 2 is 1.94 bits per heavy atom. The van der Waals surface area contributed by atoms with E-state index in [1.54, 1.807) is 18.2 Å². The van der Waals surface area contributed by atoms with Crippen LogP contribution in [-0.4, -0.2) is 50.5 Å². The summed E-state index contributed by atoms with van der Waals surface area (Å²) in [5.74, 6) is -0.950. The van der Waals surface area contributed by atoms with Crippen LogP contribution in [0.25, 0.3) is 22.1 Å². The van der Waals surface area contributed by atoms with Gasteiger partial charge in [0.2, 0.25) is 0 Å². The summed E-state index contributed by atoms with van der Waals surface area (Å²) in [5.41, 5.74) is 0.693. The Hall–Kier alpha value is -3.99. The molecule has 172 valence electrons. The van der Waals surface area contributed by atoms with Gasteiger partial charge in [-0.1, -0.05) is 6.92 Å². The molecule has 1 amide bonds. The number of carbonyl (C=O) groups excluding carboxylic acids is 1. The van der Waals surface area contributed by atoms with E-state index < -0.39 is 22.9 Å². The molecule has 0 bridgehead atoms. The van der Waals surface area contributed by atoms with E-state index in [0.717, 1.165) is 0 Å². The molecule has 0 unspecified atom stereocenters. The van der Waals surface area contributed by atoms with E-state index in [1.807, 2.05) is 25.9 Å². The van der Waals surface area contributed by atoms with Crippen LogP contribution in [-0.2, 0) is 13.1 Å². The van der Waals surface area contributed by atoms with E-state index in [9.17, 15) is 19.2 Å². The summed E-state index contributed by atoms with van der Waals surface area (Å²) in [6, 6.07) is 6.31. The van der Waals surface area contributed by atoms with Crippen LogP contribution in [0.1, 0.15) is 23.7 Å². The van der Waals surface area contributed by atoms with Gasteiger partial charge in [0.25, 0.3) is 11.5 Å². The van der Waals surface area contributed by atoms with Gasteiger partial charge < -0.3 is 14.6 Å². The summed E-state index contributed by atoms with van der Waals surface area (Å²) >= 11 is 0. The normalized spacial score (nSPS) is 11.5. The number of likely N-dealkylation sites (N-methyl/N-ethyl adjacent to an activating group) is 1. The van der Waals surface area contributed by atoms with Crippen LogP contribution in [0, 0.1) is 0 Å². The van der Waals surface area contributed by atoms with Crippen molar-refractivity contribution in [3.63, 3.8) is 0 Å². The lowest BCUT2D eigenvalue weighted by molar-refractivity contribution is 0.102. The molecule has 0 radical (unpaired) electrons. The Labute approximate surface area is 187 Å². The fraction of sp³-hybridized carbons (Fsp3) is 0.318. The first kappa shape index (κ1) is 22.2. The van der Waals surface area contributed by atoms with Gasteiger partial charge in [0.1, 0.15) is 5.65 Å². The zero-order valence-corrected chi connectivity index (χ0v) is 18.5. The molecule has 3 aromatic heterocycles. The van der Waals surface area contributed by atoms with Crippen LogP contribution >= 0.6 is 0 Å². The maximum absolute atomic E-state index is 12.9. The van der Waals surface area contributed by atoms with E-state index in [2.05, 4.69) is 15.3 Å². The molecule has 0 fully saturated rings. The highest BCUT2D eigenvalue weighted by molar-refractivity contribution is 6.06. The molecule has 0 aliphatic heterocycles. The molecule has 33 heavy (non-hydrogen) atoms. The van der Waals surface area contributed by atoms with Crippen molar-refractivity contribution >= 4 is 33.7 Å². The Kier molecular flexibility index (Phi) is 5.97. The first-order valence-electron chi connectivity index (χ1n) is 10.5. The molecule has 4 aromatic rings. The fourth-order valence-corrected chi connectivity index (χ4v) is 3.58. The van der Waals surface area contributed by atoms with Gasteiger partial charge in [0.05, 0.1) is 16.5 Å². The molecular formula is C22H24N6O5. The number of aromatic amines is 1. The second kappa shape index (κ2) is 8.87. The number of fused-ring (bicyclic) bond motifs is 2. The highest BCUT2D eigenvalue weighted by atomic mass is 16.4. The minimum absolute atomic E-state index is 0.151. The molecule has 0 saturated carbocycles. The van der Waals surface area contributed by atoms with Gasteiger partial charge in [-0.2, -0.15) is 0 Å². The number of hydrogen-bond donors (Lipinski definition) is 2. The van der Waals surface area contributed by atoms with Crippen LogP contribution in [0.4, 0.5) is 5.69 Å². The summed E-state index contributed by atoms with van der Waals surface area (Å²) in [5, 5.41) is 2.91. The van der Waals surface area contributed by atoms with Crippen molar-refractivity contribution in [3.05, 3.63) is 67.4 Å². The lowest BCUT2D eigenvalue weighted by Gasteiger charge is -2.10. The number of H-pyrrole nitrogens is 1. The Morgan fingerprint density at radius 3 is 2.67 bits per heavy atom. The number of oxazole rings is 1. The van der Waals surface area contributed by atoms with E-state index in [0.29, 0.717) is 42.8 Å². The van der Waals surface area contributed by atoms with Crippen molar-refractivity contribution < 1.29 is 9.21 Å². The topological polar surface area (TPSA) is 135 Å². The van der Waals surface area contributed by atoms with Gasteiger partial charge in [-0.3, -0.25) is 23.7 Å². The van der Waals surface area contributed by atoms with E-state index in [-0.39, 0.29) is 16.6 Å². The largest absolute Gasteiger partial charge is 0.419 e. The van der Waals surface area contributed by atoms with Gasteiger partial charge in [-0.25, -0.2) is 14.6 Å². The van der Waals surface area contributed by atoms with Crippen LogP contribution in [0.5, 0.6) is 0 Å². The maximum Gasteiger partial charge on any atom is 0.419 e. The molecule has 0 saturated heterocycles. The third-order valence-electron chi connectivity index (χ3n) is 5.24. The first-order chi connectivity index (χ1) is 15.8. The minimum atomic E-state index is -0.603. The van der Waals surface area contributed by atoms with Crippen molar-refractivity contribution in [3.8, 4) is 0 Å². The molecule has 0 spiro atoms. The number of pyridine rings is 1. The van der Waals surface area contributed by atoms with Crippen molar-refractivity contribution in [1.29, 1.82) is 0 Å². The van der Waals surface area contributed by atoms with E-state index in [1.165, 1.54) is 21.4 Å². The lowest BCUT2D eigenvalue weighted by atomic mass is 10.2. The molecule has 0 aliphatic rings. The minimum Gasteiger partial charge on any atom is -0.408 e. The van der Waals surface area contributed by atoms with Crippen molar-refractivity contribution in [2.75, 3.05) is 26.0 Å². The quantitative estimate of drug-likeness (QED) is 0.430. The molecule has 1 aromatic carbocycles. The highest BCUT2D eigenvalue weighted by Crippen LogP contribution is 2.19. The summed E-state index contributed by atoms with van der Waals surface area (Å²) in [6.07, 6.45) is 2.01. The summed E-state index contributed by atoms with van der Waals surface area (Å²) < 4.78 is 8.16. The average molecular weight is 452 g/mol. The number of carbonyl (C=O) groups is 1.